The van der Waals surface area contributed by atoms with E-state index >= 15 is 0 Å². The monoisotopic (exact) mass is 328 g/mol. The van der Waals surface area contributed by atoms with E-state index < -0.39 is 5.97 Å². The number of rotatable bonds is 5. The molecule has 1 aromatic carbocycles. The van der Waals surface area contributed by atoms with Crippen molar-refractivity contribution < 1.29 is 9.53 Å². The number of aromatic nitrogens is 2. The highest BCUT2D eigenvalue weighted by Gasteiger charge is 2.11. The maximum Gasteiger partial charge on any atom is 0.338 e. The molecule has 0 spiro atoms. The van der Waals surface area contributed by atoms with Crippen molar-refractivity contribution >= 4 is 27.5 Å². The number of aryl methyl sites for hydroxylation is 1. The number of benzene rings is 1. The van der Waals surface area contributed by atoms with Crippen LogP contribution in [0.25, 0.3) is 10.2 Å². The summed E-state index contributed by atoms with van der Waals surface area (Å²) < 4.78 is 5.21. The highest BCUT2D eigenvalue weighted by molar-refractivity contribution is 7.18. The van der Waals surface area contributed by atoms with Gasteiger partial charge in [-0.2, -0.15) is 0 Å². The van der Waals surface area contributed by atoms with Crippen LogP contribution in [0.2, 0.25) is 0 Å². The molecule has 23 heavy (non-hydrogen) atoms. The molecule has 1 N–H and O–H groups in total. The predicted octanol–water partition coefficient (Wildman–Crippen LogP) is 3.29. The summed E-state index contributed by atoms with van der Waals surface area (Å²) >= 11 is 1.51. The van der Waals surface area contributed by atoms with Crippen LogP contribution >= 0.6 is 11.3 Å². The smallest absolute Gasteiger partial charge is 0.338 e. The molecule has 2 aromatic heterocycles. The fraction of sp³-hybridized carbons (Fsp3) is 0.235. The lowest BCUT2D eigenvalue weighted by Gasteiger charge is -2.04. The minimum atomic E-state index is -0.439. The van der Waals surface area contributed by atoms with E-state index in [9.17, 15) is 9.59 Å². The molecule has 0 aliphatic carbocycles. The van der Waals surface area contributed by atoms with Crippen molar-refractivity contribution in [2.75, 3.05) is 0 Å². The third-order valence-corrected chi connectivity index (χ3v) is 4.44. The number of carbonyl (C=O) groups is 1. The van der Waals surface area contributed by atoms with Crippen LogP contribution in [0.1, 0.15) is 34.4 Å². The number of hydrogen-bond donors (Lipinski definition) is 1. The third kappa shape index (κ3) is 3.48. The molecule has 0 bridgehead atoms. The van der Waals surface area contributed by atoms with E-state index in [0.717, 1.165) is 17.7 Å². The number of hydrogen-bond acceptors (Lipinski definition) is 5. The van der Waals surface area contributed by atoms with Crippen LogP contribution in [0, 0.1) is 0 Å². The number of nitrogens with one attached hydrogen (secondary N) is 1. The second-order valence-corrected chi connectivity index (χ2v) is 6.25. The van der Waals surface area contributed by atoms with Gasteiger partial charge in [0.1, 0.15) is 17.3 Å². The van der Waals surface area contributed by atoms with Gasteiger partial charge in [-0.25, -0.2) is 9.78 Å². The third-order valence-electron chi connectivity index (χ3n) is 3.35. The van der Waals surface area contributed by atoms with Crippen LogP contribution in [-0.2, 0) is 17.8 Å². The van der Waals surface area contributed by atoms with Gasteiger partial charge < -0.3 is 9.72 Å². The number of nitrogens with zero attached hydrogens (tertiary/aromatic N) is 1. The number of ether oxygens (including phenoxy) is 1. The molecule has 118 valence electrons. The molecule has 0 fully saturated rings. The molecule has 0 atom stereocenters. The summed E-state index contributed by atoms with van der Waals surface area (Å²) in [6.45, 7) is 2.04. The Morgan fingerprint density at radius 2 is 2.09 bits per heavy atom. The van der Waals surface area contributed by atoms with Gasteiger partial charge in [-0.15, -0.1) is 11.3 Å². The molecule has 6 heteroatoms. The fourth-order valence-corrected chi connectivity index (χ4v) is 3.40. The molecule has 0 radical (unpaired) electrons. The molecule has 0 aliphatic rings. The average molecular weight is 328 g/mol. The minimum absolute atomic E-state index is 0.0556. The van der Waals surface area contributed by atoms with Gasteiger partial charge >= 0.3 is 5.97 Å². The Morgan fingerprint density at radius 3 is 2.83 bits per heavy atom. The lowest BCUT2D eigenvalue weighted by Crippen LogP contribution is -2.13. The maximum atomic E-state index is 12.1. The summed E-state index contributed by atoms with van der Waals surface area (Å²) in [6.07, 6.45) is 1.95. The minimum Gasteiger partial charge on any atom is -0.454 e. The Hall–Kier alpha value is -2.47. The first-order chi connectivity index (χ1) is 11.2. The molecule has 0 saturated heterocycles. The van der Waals surface area contributed by atoms with Crippen LogP contribution in [-0.4, -0.2) is 15.9 Å². The van der Waals surface area contributed by atoms with Gasteiger partial charge in [0.05, 0.1) is 10.9 Å². The van der Waals surface area contributed by atoms with E-state index in [-0.39, 0.29) is 12.2 Å². The van der Waals surface area contributed by atoms with Gasteiger partial charge in [0.2, 0.25) is 0 Å². The number of fused-ring (bicyclic) bond motifs is 1. The van der Waals surface area contributed by atoms with Gasteiger partial charge in [-0.05, 0) is 24.6 Å². The molecule has 0 saturated carbocycles. The maximum absolute atomic E-state index is 12.1. The summed E-state index contributed by atoms with van der Waals surface area (Å²) in [7, 11) is 0. The second kappa shape index (κ2) is 6.75. The molecule has 3 aromatic rings. The topological polar surface area (TPSA) is 72.1 Å². The number of aromatic amines is 1. The van der Waals surface area contributed by atoms with E-state index in [4.69, 9.17) is 4.74 Å². The van der Waals surface area contributed by atoms with E-state index in [1.807, 2.05) is 12.1 Å². The summed E-state index contributed by atoms with van der Waals surface area (Å²) in [5.41, 5.74) is 0.275. The summed E-state index contributed by atoms with van der Waals surface area (Å²) in [5, 5.41) is 0.594. The zero-order valence-corrected chi connectivity index (χ0v) is 13.5. The Morgan fingerprint density at radius 1 is 1.30 bits per heavy atom. The molecule has 5 nitrogen and oxygen atoms in total. The van der Waals surface area contributed by atoms with Crippen molar-refractivity contribution in [2.45, 2.75) is 26.4 Å². The standard InChI is InChI=1S/C17H16N2O3S/c1-2-6-12-9-13-15(20)18-14(19-16(13)23-12)10-22-17(21)11-7-4-3-5-8-11/h3-5,7-9H,2,6,10H2,1H3,(H,18,19,20). The van der Waals surface area contributed by atoms with Gasteiger partial charge in [0.25, 0.3) is 5.56 Å². The van der Waals surface area contributed by atoms with E-state index in [1.165, 1.54) is 11.3 Å². The Labute approximate surface area is 137 Å². The van der Waals surface area contributed by atoms with Crippen LogP contribution in [0.4, 0.5) is 0 Å². The van der Waals surface area contributed by atoms with Gasteiger partial charge in [-0.3, -0.25) is 4.79 Å². The van der Waals surface area contributed by atoms with Gasteiger partial charge in [0.15, 0.2) is 0 Å². The summed E-state index contributed by atoms with van der Waals surface area (Å²) in [5.74, 6) is -0.0807. The van der Waals surface area contributed by atoms with Crippen molar-refractivity contribution in [2.24, 2.45) is 0 Å². The Balaban J connectivity index is 1.78. The lowest BCUT2D eigenvalue weighted by atomic mass is 10.2. The molecule has 0 unspecified atom stereocenters. The summed E-state index contributed by atoms with van der Waals surface area (Å²) in [6, 6.07) is 10.6. The zero-order chi connectivity index (χ0) is 16.2. The Bertz CT molecular complexity index is 884. The van der Waals surface area contributed by atoms with E-state index in [2.05, 4.69) is 16.9 Å². The van der Waals surface area contributed by atoms with Crippen molar-refractivity contribution in [3.05, 3.63) is 63.0 Å². The van der Waals surface area contributed by atoms with Crippen molar-refractivity contribution in [3.8, 4) is 0 Å². The normalized spacial score (nSPS) is 10.8. The first-order valence-corrected chi connectivity index (χ1v) is 8.23. The van der Waals surface area contributed by atoms with Gasteiger partial charge in [-0.1, -0.05) is 31.5 Å². The quantitative estimate of drug-likeness (QED) is 0.730. The number of H-pyrrole nitrogens is 1. The molecule has 2 heterocycles. The van der Waals surface area contributed by atoms with Crippen LogP contribution in [0.15, 0.2) is 41.2 Å². The molecular weight excluding hydrogens is 312 g/mol. The largest absolute Gasteiger partial charge is 0.454 e. The SMILES string of the molecule is CCCc1cc2c(=O)[nH]c(COC(=O)c3ccccc3)nc2s1. The number of thiophene rings is 1. The highest BCUT2D eigenvalue weighted by Crippen LogP contribution is 2.22. The molecule has 0 amide bonds. The number of esters is 1. The molecular formula is C17H16N2O3S. The number of carbonyl (C=O) groups excluding carboxylic acids is 1. The van der Waals surface area contributed by atoms with E-state index in [1.54, 1.807) is 24.3 Å². The van der Waals surface area contributed by atoms with Crippen molar-refractivity contribution in [3.63, 3.8) is 0 Å². The zero-order valence-electron chi connectivity index (χ0n) is 12.7. The van der Waals surface area contributed by atoms with Crippen molar-refractivity contribution in [1.29, 1.82) is 0 Å². The van der Waals surface area contributed by atoms with Gasteiger partial charge in [0, 0.05) is 4.88 Å². The van der Waals surface area contributed by atoms with Crippen LogP contribution in [0.3, 0.4) is 0 Å². The van der Waals surface area contributed by atoms with Crippen LogP contribution < -0.4 is 5.56 Å². The van der Waals surface area contributed by atoms with E-state index in [0.29, 0.717) is 21.6 Å². The van der Waals surface area contributed by atoms with Crippen molar-refractivity contribution in [1.82, 2.24) is 9.97 Å². The molecule has 0 aliphatic heterocycles. The fourth-order valence-electron chi connectivity index (χ4n) is 2.26. The first-order valence-electron chi connectivity index (χ1n) is 7.41. The molecule has 3 rings (SSSR count). The van der Waals surface area contributed by atoms with Crippen LogP contribution in [0.5, 0.6) is 0 Å². The lowest BCUT2D eigenvalue weighted by molar-refractivity contribution is 0.0462. The average Bonchev–Trinajstić information content (AvgIpc) is 2.97. The first kappa shape index (κ1) is 15.4. The Kier molecular flexibility index (Phi) is 4.52. The highest BCUT2D eigenvalue weighted by atomic mass is 32.1. The predicted molar refractivity (Wildman–Crippen MR) is 89.8 cm³/mol. The second-order valence-electron chi connectivity index (χ2n) is 5.14. The summed E-state index contributed by atoms with van der Waals surface area (Å²) in [4.78, 5) is 32.9.